The number of para-hydroxylation sites is 1. The lowest BCUT2D eigenvalue weighted by Gasteiger charge is -2.24. The molecule has 0 saturated carbocycles. The maximum atomic E-state index is 14.1. The SMILES string of the molecule is CCN(CC)CCN(C(=O)COc1ccc(Cl)cc1Cl)c1nc2c(F)cccc2s1.Cl. The van der Waals surface area contributed by atoms with Crippen LogP contribution in [0.15, 0.2) is 36.4 Å². The highest BCUT2D eigenvalue weighted by Crippen LogP contribution is 2.31. The third kappa shape index (κ3) is 6.43. The maximum absolute atomic E-state index is 14.1. The number of carbonyl (C=O) groups excluding carboxylic acids is 1. The molecule has 0 bridgehead atoms. The van der Waals surface area contributed by atoms with Crippen molar-refractivity contribution in [3.63, 3.8) is 0 Å². The number of ether oxygens (including phenoxy) is 1. The molecule has 0 fully saturated rings. The monoisotopic (exact) mass is 505 g/mol. The molecule has 168 valence electrons. The summed E-state index contributed by atoms with van der Waals surface area (Å²) < 4.78 is 20.4. The van der Waals surface area contributed by atoms with Crippen molar-refractivity contribution in [2.24, 2.45) is 0 Å². The zero-order valence-corrected chi connectivity index (χ0v) is 20.3. The van der Waals surface area contributed by atoms with Gasteiger partial charge in [-0.05, 0) is 43.4 Å². The van der Waals surface area contributed by atoms with E-state index in [1.54, 1.807) is 35.2 Å². The summed E-state index contributed by atoms with van der Waals surface area (Å²) in [5.74, 6) is -0.323. The average molecular weight is 507 g/mol. The number of fused-ring (bicyclic) bond motifs is 1. The minimum Gasteiger partial charge on any atom is -0.482 e. The number of hydrogen-bond acceptors (Lipinski definition) is 5. The zero-order chi connectivity index (χ0) is 21.7. The second kappa shape index (κ2) is 11.8. The Kier molecular flexibility index (Phi) is 9.78. The highest BCUT2D eigenvalue weighted by Gasteiger charge is 2.22. The van der Waals surface area contributed by atoms with Gasteiger partial charge in [0.05, 0.1) is 9.72 Å². The summed E-state index contributed by atoms with van der Waals surface area (Å²) in [6.45, 7) is 6.72. The molecule has 0 radical (unpaired) electrons. The van der Waals surface area contributed by atoms with E-state index in [1.165, 1.54) is 17.4 Å². The lowest BCUT2D eigenvalue weighted by Crippen LogP contribution is -2.41. The number of anilines is 1. The van der Waals surface area contributed by atoms with Crippen molar-refractivity contribution in [1.82, 2.24) is 9.88 Å². The molecule has 0 aliphatic carbocycles. The van der Waals surface area contributed by atoms with Crippen LogP contribution in [0.2, 0.25) is 10.0 Å². The molecule has 31 heavy (non-hydrogen) atoms. The molecule has 5 nitrogen and oxygen atoms in total. The van der Waals surface area contributed by atoms with Gasteiger partial charge in [-0.2, -0.15) is 0 Å². The molecule has 3 rings (SSSR count). The first-order valence-corrected chi connectivity index (χ1v) is 11.2. The zero-order valence-electron chi connectivity index (χ0n) is 17.1. The molecule has 0 aliphatic rings. The van der Waals surface area contributed by atoms with Crippen molar-refractivity contribution >= 4 is 68.2 Å². The predicted octanol–water partition coefficient (Wildman–Crippen LogP) is 5.92. The lowest BCUT2D eigenvalue weighted by molar-refractivity contribution is -0.120. The minimum absolute atomic E-state index is 0. The molecule has 0 atom stereocenters. The summed E-state index contributed by atoms with van der Waals surface area (Å²) in [6.07, 6.45) is 0. The predicted molar refractivity (Wildman–Crippen MR) is 129 cm³/mol. The normalized spacial score (nSPS) is 10.9. The number of likely N-dealkylation sites (N-methyl/N-ethyl adjacent to an activating group) is 1. The smallest absolute Gasteiger partial charge is 0.266 e. The Hall–Kier alpha value is -1.64. The topological polar surface area (TPSA) is 45.7 Å². The number of halogens is 4. The molecule has 0 saturated heterocycles. The Morgan fingerprint density at radius 3 is 2.55 bits per heavy atom. The van der Waals surface area contributed by atoms with Crippen molar-refractivity contribution in [3.05, 3.63) is 52.3 Å². The summed E-state index contributed by atoms with van der Waals surface area (Å²) in [5.41, 5.74) is 0.264. The fraction of sp³-hybridized carbons (Fsp3) is 0.333. The third-order valence-corrected chi connectivity index (χ3v) is 6.24. The number of aromatic nitrogens is 1. The van der Waals surface area contributed by atoms with Crippen LogP contribution in [0.5, 0.6) is 5.75 Å². The Balaban J connectivity index is 0.00000341. The van der Waals surface area contributed by atoms with Gasteiger partial charge in [-0.15, -0.1) is 12.4 Å². The van der Waals surface area contributed by atoms with E-state index in [0.29, 0.717) is 38.7 Å². The van der Waals surface area contributed by atoms with Gasteiger partial charge in [0.25, 0.3) is 5.91 Å². The van der Waals surface area contributed by atoms with Gasteiger partial charge in [0.1, 0.15) is 17.1 Å². The molecule has 0 aliphatic heterocycles. The summed E-state index contributed by atoms with van der Waals surface area (Å²) in [4.78, 5) is 21.2. The van der Waals surface area contributed by atoms with Gasteiger partial charge in [0.15, 0.2) is 11.7 Å². The molecule has 1 aromatic heterocycles. The second-order valence-corrected chi connectivity index (χ2v) is 8.37. The van der Waals surface area contributed by atoms with Gasteiger partial charge in [-0.3, -0.25) is 9.69 Å². The van der Waals surface area contributed by atoms with E-state index in [-0.39, 0.29) is 30.4 Å². The van der Waals surface area contributed by atoms with Crippen molar-refractivity contribution in [3.8, 4) is 5.75 Å². The molecule has 2 aromatic carbocycles. The molecule has 0 unspecified atom stereocenters. The fourth-order valence-corrected chi connectivity index (χ4v) is 4.42. The first kappa shape index (κ1) is 25.6. The van der Waals surface area contributed by atoms with E-state index in [9.17, 15) is 9.18 Å². The summed E-state index contributed by atoms with van der Waals surface area (Å²) in [6, 6.07) is 9.59. The first-order valence-electron chi connectivity index (χ1n) is 9.58. The number of thiazole rings is 1. The van der Waals surface area contributed by atoms with Crippen molar-refractivity contribution in [2.75, 3.05) is 37.7 Å². The number of amides is 1. The molecular weight excluding hydrogens is 484 g/mol. The molecule has 0 spiro atoms. The standard InChI is InChI=1S/C21H22Cl2FN3O2S.ClH/c1-3-26(4-2)10-11-27(21-25-20-16(24)6-5-7-18(20)30-21)19(28)13-29-17-9-8-14(22)12-15(17)23;/h5-9,12H,3-4,10-11,13H2,1-2H3;1H. The highest BCUT2D eigenvalue weighted by atomic mass is 35.5. The quantitative estimate of drug-likeness (QED) is 0.361. The second-order valence-electron chi connectivity index (χ2n) is 6.52. The van der Waals surface area contributed by atoms with Crippen LogP contribution in [0, 0.1) is 5.82 Å². The number of rotatable bonds is 9. The van der Waals surface area contributed by atoms with Crippen LogP contribution in [0.3, 0.4) is 0 Å². The largest absolute Gasteiger partial charge is 0.482 e. The van der Waals surface area contributed by atoms with E-state index in [0.717, 1.165) is 13.1 Å². The number of hydrogen-bond donors (Lipinski definition) is 0. The molecule has 10 heteroatoms. The molecule has 1 heterocycles. The van der Waals surface area contributed by atoms with E-state index in [2.05, 4.69) is 23.7 Å². The lowest BCUT2D eigenvalue weighted by atomic mass is 10.3. The fourth-order valence-electron chi connectivity index (χ4n) is 2.94. The van der Waals surface area contributed by atoms with Gasteiger partial charge in [0.2, 0.25) is 0 Å². The Morgan fingerprint density at radius 1 is 1.16 bits per heavy atom. The van der Waals surface area contributed by atoms with Crippen molar-refractivity contribution in [2.45, 2.75) is 13.8 Å². The third-order valence-electron chi connectivity index (χ3n) is 4.67. The maximum Gasteiger partial charge on any atom is 0.266 e. The van der Waals surface area contributed by atoms with E-state index in [4.69, 9.17) is 27.9 Å². The van der Waals surface area contributed by atoms with Crippen molar-refractivity contribution < 1.29 is 13.9 Å². The minimum atomic E-state index is -0.407. The number of benzene rings is 2. The Morgan fingerprint density at radius 2 is 1.90 bits per heavy atom. The van der Waals surface area contributed by atoms with Gasteiger partial charge < -0.3 is 9.64 Å². The van der Waals surface area contributed by atoms with Crippen molar-refractivity contribution in [1.29, 1.82) is 0 Å². The van der Waals surface area contributed by atoms with Crippen LogP contribution >= 0.6 is 46.9 Å². The van der Waals surface area contributed by atoms with E-state index >= 15 is 0 Å². The van der Waals surface area contributed by atoms with Gasteiger partial charge >= 0.3 is 0 Å². The number of nitrogens with zero attached hydrogens (tertiary/aromatic N) is 3. The molecule has 1 amide bonds. The van der Waals surface area contributed by atoms with E-state index in [1.807, 2.05) is 0 Å². The van der Waals surface area contributed by atoms with E-state index < -0.39 is 5.82 Å². The van der Waals surface area contributed by atoms with Crippen LogP contribution in [-0.4, -0.2) is 48.6 Å². The molecular formula is C21H23Cl3FN3O2S. The van der Waals surface area contributed by atoms with Crippen LogP contribution in [-0.2, 0) is 4.79 Å². The number of carbonyl (C=O) groups is 1. The summed E-state index contributed by atoms with van der Waals surface area (Å²) >= 11 is 13.3. The van der Waals surface area contributed by atoms with Crippen LogP contribution in [0.1, 0.15) is 13.8 Å². The van der Waals surface area contributed by atoms with Gasteiger partial charge in [-0.25, -0.2) is 9.37 Å². The van der Waals surface area contributed by atoms with Crippen LogP contribution < -0.4 is 9.64 Å². The summed E-state index contributed by atoms with van der Waals surface area (Å²) in [5, 5.41) is 1.25. The first-order chi connectivity index (χ1) is 14.4. The summed E-state index contributed by atoms with van der Waals surface area (Å²) in [7, 11) is 0. The van der Waals surface area contributed by atoms with Gasteiger partial charge in [0, 0.05) is 18.1 Å². The van der Waals surface area contributed by atoms with Crippen LogP contribution in [0.4, 0.5) is 9.52 Å². The molecule has 0 N–H and O–H groups in total. The molecule has 3 aromatic rings. The van der Waals surface area contributed by atoms with Gasteiger partial charge in [-0.1, -0.05) is 54.5 Å². The highest BCUT2D eigenvalue weighted by molar-refractivity contribution is 7.22. The average Bonchev–Trinajstić information content (AvgIpc) is 3.16. The Labute approximate surface area is 201 Å². The van der Waals surface area contributed by atoms with Crippen LogP contribution in [0.25, 0.3) is 10.2 Å². The Bertz CT molecular complexity index is 1030.